The molecule has 0 amide bonds. The monoisotopic (exact) mass is 290 g/mol. The SMILES string of the molecule is CC#Cc1ccc2cc(-c3ccc(OP)cc3)ccc2c1. The zero-order valence-corrected chi connectivity index (χ0v) is 12.9. The predicted molar refractivity (Wildman–Crippen MR) is 92.3 cm³/mol. The Morgan fingerprint density at radius 1 is 0.810 bits per heavy atom. The van der Waals surface area contributed by atoms with Crippen molar-refractivity contribution >= 4 is 20.2 Å². The molecular weight excluding hydrogens is 275 g/mol. The van der Waals surface area contributed by atoms with Crippen molar-refractivity contribution in [3.05, 3.63) is 66.2 Å². The van der Waals surface area contributed by atoms with Crippen LogP contribution in [-0.4, -0.2) is 0 Å². The second-order valence-corrected chi connectivity index (χ2v) is 5.03. The van der Waals surface area contributed by atoms with Crippen molar-refractivity contribution in [3.8, 4) is 28.7 Å². The van der Waals surface area contributed by atoms with E-state index in [9.17, 15) is 0 Å². The summed E-state index contributed by atoms with van der Waals surface area (Å²) in [7, 11) is 2.26. The van der Waals surface area contributed by atoms with Crippen LogP contribution in [0.4, 0.5) is 0 Å². The molecule has 2 heteroatoms. The highest BCUT2D eigenvalue weighted by Crippen LogP contribution is 2.27. The van der Waals surface area contributed by atoms with Crippen molar-refractivity contribution in [1.82, 2.24) is 0 Å². The lowest BCUT2D eigenvalue weighted by molar-refractivity contribution is 0.646. The summed E-state index contributed by atoms with van der Waals surface area (Å²) in [5.74, 6) is 6.87. The van der Waals surface area contributed by atoms with Crippen molar-refractivity contribution in [2.24, 2.45) is 0 Å². The van der Waals surface area contributed by atoms with Gasteiger partial charge in [-0.3, -0.25) is 0 Å². The van der Waals surface area contributed by atoms with Gasteiger partial charge in [0.25, 0.3) is 0 Å². The van der Waals surface area contributed by atoms with Crippen molar-refractivity contribution in [2.75, 3.05) is 0 Å². The quantitative estimate of drug-likeness (QED) is 0.474. The minimum Gasteiger partial charge on any atom is -0.480 e. The van der Waals surface area contributed by atoms with Gasteiger partial charge in [-0.25, -0.2) is 0 Å². The molecule has 0 spiro atoms. The van der Waals surface area contributed by atoms with Gasteiger partial charge >= 0.3 is 0 Å². The number of rotatable bonds is 2. The van der Waals surface area contributed by atoms with Crippen LogP contribution in [0, 0.1) is 11.8 Å². The topological polar surface area (TPSA) is 9.23 Å². The molecule has 0 bridgehead atoms. The average molecular weight is 290 g/mol. The normalized spacial score (nSPS) is 10.0. The first-order valence-corrected chi connectivity index (χ1v) is 7.21. The fourth-order valence-electron chi connectivity index (χ4n) is 2.37. The summed E-state index contributed by atoms with van der Waals surface area (Å²) < 4.78 is 5.12. The van der Waals surface area contributed by atoms with E-state index in [1.165, 1.54) is 21.9 Å². The average Bonchev–Trinajstić information content (AvgIpc) is 2.55. The van der Waals surface area contributed by atoms with Gasteiger partial charge in [0.1, 0.15) is 5.75 Å². The highest BCUT2D eigenvalue weighted by molar-refractivity contribution is 7.10. The van der Waals surface area contributed by atoms with Gasteiger partial charge in [0.05, 0.1) is 9.47 Å². The number of fused-ring (bicyclic) bond motifs is 1. The van der Waals surface area contributed by atoms with Crippen LogP contribution in [0.1, 0.15) is 12.5 Å². The number of benzene rings is 3. The van der Waals surface area contributed by atoms with E-state index in [4.69, 9.17) is 4.52 Å². The summed E-state index contributed by atoms with van der Waals surface area (Å²) >= 11 is 0. The number of hydrogen-bond acceptors (Lipinski definition) is 1. The van der Waals surface area contributed by atoms with Gasteiger partial charge in [-0.2, -0.15) is 0 Å². The molecule has 0 saturated heterocycles. The van der Waals surface area contributed by atoms with Crippen LogP contribution >= 0.6 is 9.47 Å². The second-order valence-electron chi connectivity index (χ2n) is 4.79. The Morgan fingerprint density at radius 2 is 1.48 bits per heavy atom. The molecular formula is C19H15OP. The molecule has 102 valence electrons. The molecule has 0 fully saturated rings. The first kappa shape index (κ1) is 13.7. The molecule has 0 heterocycles. The Labute approximate surface area is 127 Å². The highest BCUT2D eigenvalue weighted by atomic mass is 31.0. The zero-order valence-electron chi connectivity index (χ0n) is 11.8. The van der Waals surface area contributed by atoms with Crippen LogP contribution < -0.4 is 4.52 Å². The van der Waals surface area contributed by atoms with E-state index in [-0.39, 0.29) is 0 Å². The zero-order chi connectivity index (χ0) is 14.7. The molecule has 21 heavy (non-hydrogen) atoms. The molecule has 3 aromatic carbocycles. The highest BCUT2D eigenvalue weighted by Gasteiger charge is 2.01. The lowest BCUT2D eigenvalue weighted by Crippen LogP contribution is -1.81. The molecule has 0 saturated carbocycles. The molecule has 3 rings (SSSR count). The van der Waals surface area contributed by atoms with Crippen molar-refractivity contribution in [2.45, 2.75) is 6.92 Å². The maximum atomic E-state index is 5.12. The van der Waals surface area contributed by atoms with E-state index >= 15 is 0 Å². The van der Waals surface area contributed by atoms with E-state index in [2.05, 4.69) is 69.8 Å². The molecule has 1 unspecified atom stereocenters. The van der Waals surface area contributed by atoms with E-state index in [1.807, 2.05) is 19.1 Å². The molecule has 0 radical (unpaired) electrons. The van der Waals surface area contributed by atoms with E-state index in [0.717, 1.165) is 11.3 Å². The molecule has 1 nitrogen and oxygen atoms in total. The largest absolute Gasteiger partial charge is 0.480 e. The molecule has 1 atom stereocenters. The van der Waals surface area contributed by atoms with E-state index in [1.54, 1.807) is 0 Å². The Bertz CT molecular complexity index is 839. The summed E-state index contributed by atoms with van der Waals surface area (Å²) in [5, 5.41) is 2.43. The standard InChI is InChI=1S/C19H15OP/c1-2-3-14-4-5-18-13-17(7-6-16(18)12-14)15-8-10-19(20-21)11-9-15/h4-13H,21H2,1H3. The lowest BCUT2D eigenvalue weighted by Gasteiger charge is -2.06. The third-order valence-electron chi connectivity index (χ3n) is 3.43. The van der Waals surface area contributed by atoms with Crippen LogP contribution in [0.3, 0.4) is 0 Å². The molecule has 0 N–H and O–H groups in total. The van der Waals surface area contributed by atoms with E-state index < -0.39 is 0 Å². The van der Waals surface area contributed by atoms with Crippen molar-refractivity contribution in [3.63, 3.8) is 0 Å². The summed E-state index contributed by atoms with van der Waals surface area (Å²) in [6.07, 6.45) is 0. The maximum Gasteiger partial charge on any atom is 0.122 e. The van der Waals surface area contributed by atoms with Crippen LogP contribution in [0.25, 0.3) is 21.9 Å². The summed E-state index contributed by atoms with van der Waals surface area (Å²) in [6, 6.07) is 20.9. The molecule has 0 aliphatic rings. The van der Waals surface area contributed by atoms with Crippen molar-refractivity contribution < 1.29 is 4.52 Å². The Balaban J connectivity index is 2.03. The van der Waals surface area contributed by atoms with Gasteiger partial charge in [0.2, 0.25) is 0 Å². The number of hydrogen-bond donors (Lipinski definition) is 0. The van der Waals surface area contributed by atoms with Crippen LogP contribution in [0.5, 0.6) is 5.75 Å². The maximum absolute atomic E-state index is 5.12. The fraction of sp³-hybridized carbons (Fsp3) is 0.0526. The van der Waals surface area contributed by atoms with E-state index in [0.29, 0.717) is 0 Å². The first-order valence-electron chi connectivity index (χ1n) is 6.74. The van der Waals surface area contributed by atoms with Gasteiger partial charge in [-0.15, -0.1) is 5.92 Å². The molecule has 0 aliphatic heterocycles. The summed E-state index contributed by atoms with van der Waals surface area (Å²) in [5.41, 5.74) is 3.44. The lowest BCUT2D eigenvalue weighted by atomic mass is 10.00. The summed E-state index contributed by atoms with van der Waals surface area (Å²) in [4.78, 5) is 0. The molecule has 0 aromatic heterocycles. The van der Waals surface area contributed by atoms with Crippen LogP contribution in [-0.2, 0) is 0 Å². The minimum atomic E-state index is 0.840. The predicted octanol–water partition coefficient (Wildman–Crippen LogP) is 5.05. The smallest absolute Gasteiger partial charge is 0.122 e. The van der Waals surface area contributed by atoms with Gasteiger partial charge in [0.15, 0.2) is 0 Å². The third-order valence-corrected chi connectivity index (χ3v) is 3.71. The first-order chi connectivity index (χ1) is 10.3. The van der Waals surface area contributed by atoms with Gasteiger partial charge in [0, 0.05) is 5.56 Å². The molecule has 0 aliphatic carbocycles. The Morgan fingerprint density at radius 3 is 2.19 bits per heavy atom. The minimum absolute atomic E-state index is 0.840. The fourth-order valence-corrected chi connectivity index (χ4v) is 2.53. The summed E-state index contributed by atoms with van der Waals surface area (Å²) in [6.45, 7) is 1.86. The van der Waals surface area contributed by atoms with Gasteiger partial charge in [-0.05, 0) is 59.2 Å². The van der Waals surface area contributed by atoms with Crippen LogP contribution in [0.2, 0.25) is 0 Å². The third kappa shape index (κ3) is 2.92. The van der Waals surface area contributed by atoms with Gasteiger partial charge in [-0.1, -0.05) is 36.3 Å². The van der Waals surface area contributed by atoms with Crippen molar-refractivity contribution in [1.29, 1.82) is 0 Å². The van der Waals surface area contributed by atoms with Crippen LogP contribution in [0.15, 0.2) is 60.7 Å². The Hall–Kier alpha value is -2.29. The van der Waals surface area contributed by atoms with Gasteiger partial charge < -0.3 is 4.52 Å². The Kier molecular flexibility index (Phi) is 3.91. The second kappa shape index (κ2) is 6.00. The molecule has 3 aromatic rings.